The molecule has 2 unspecified atom stereocenters. The van der Waals surface area contributed by atoms with Gasteiger partial charge in [0, 0.05) is 24.8 Å². The normalized spacial score (nSPS) is 27.1. The number of benzene rings is 1. The summed E-state index contributed by atoms with van der Waals surface area (Å²) in [7, 11) is 2.09. The highest BCUT2D eigenvalue weighted by atomic mass is 16.3. The lowest BCUT2D eigenvalue weighted by Gasteiger charge is -2.44. The summed E-state index contributed by atoms with van der Waals surface area (Å²) < 4.78 is 0. The topological polar surface area (TPSA) is 26.7 Å². The molecule has 2 atom stereocenters. The minimum absolute atomic E-state index is 0.226. The quantitative estimate of drug-likeness (QED) is 0.811. The predicted molar refractivity (Wildman–Crippen MR) is 66.8 cm³/mol. The fourth-order valence-corrected chi connectivity index (χ4v) is 2.30. The molecule has 0 amide bonds. The predicted octanol–water partition coefficient (Wildman–Crippen LogP) is 1.19. The molecule has 1 heterocycles. The smallest absolute Gasteiger partial charge is 0.0604 e. The molecule has 1 aromatic carbocycles. The van der Waals surface area contributed by atoms with E-state index in [4.69, 9.17) is 0 Å². The summed E-state index contributed by atoms with van der Waals surface area (Å²) in [5.74, 6) is 0. The first-order chi connectivity index (χ1) is 7.72. The third-order valence-corrected chi connectivity index (χ3v) is 3.52. The van der Waals surface area contributed by atoms with Crippen molar-refractivity contribution in [2.45, 2.75) is 19.0 Å². The van der Waals surface area contributed by atoms with Gasteiger partial charge in [-0.2, -0.15) is 0 Å². The van der Waals surface area contributed by atoms with E-state index in [-0.39, 0.29) is 12.6 Å². The largest absolute Gasteiger partial charge is 0.395 e. The average Bonchev–Trinajstić information content (AvgIpc) is 2.33. The molecule has 2 rings (SSSR count). The summed E-state index contributed by atoms with van der Waals surface area (Å²) in [6, 6.07) is 11.1. The second kappa shape index (κ2) is 4.85. The van der Waals surface area contributed by atoms with Crippen LogP contribution < -0.4 is 4.90 Å². The number of nitrogens with zero attached hydrogens (tertiary/aromatic N) is 2. The standard InChI is InChI=1S/C13H20N2O/c1-11-8-15(9-13(10-16)14(11)2)12-6-4-3-5-7-12/h3-7,11,13,16H,8-10H2,1-2H3. The van der Waals surface area contributed by atoms with E-state index >= 15 is 0 Å². The number of para-hydroxylation sites is 1. The highest BCUT2D eigenvalue weighted by Crippen LogP contribution is 2.20. The Morgan fingerprint density at radius 1 is 1.25 bits per heavy atom. The summed E-state index contributed by atoms with van der Waals surface area (Å²) >= 11 is 0. The summed E-state index contributed by atoms with van der Waals surface area (Å²) in [5.41, 5.74) is 1.25. The Kier molecular flexibility index (Phi) is 3.46. The van der Waals surface area contributed by atoms with Crippen LogP contribution >= 0.6 is 0 Å². The van der Waals surface area contributed by atoms with Gasteiger partial charge in [-0.1, -0.05) is 18.2 Å². The van der Waals surface area contributed by atoms with E-state index in [1.807, 2.05) is 6.07 Å². The van der Waals surface area contributed by atoms with Gasteiger partial charge in [-0.25, -0.2) is 0 Å². The third-order valence-electron chi connectivity index (χ3n) is 3.52. The van der Waals surface area contributed by atoms with Crippen molar-refractivity contribution in [3.8, 4) is 0 Å². The Bertz CT molecular complexity index is 328. The molecule has 0 aliphatic carbocycles. The van der Waals surface area contributed by atoms with Gasteiger partial charge < -0.3 is 10.0 Å². The molecular formula is C13H20N2O. The maximum absolute atomic E-state index is 9.38. The average molecular weight is 220 g/mol. The van der Waals surface area contributed by atoms with E-state index in [2.05, 4.69) is 48.0 Å². The number of aliphatic hydroxyl groups is 1. The lowest BCUT2D eigenvalue weighted by atomic mass is 10.1. The van der Waals surface area contributed by atoms with Crippen LogP contribution in [0.15, 0.2) is 30.3 Å². The molecule has 3 nitrogen and oxygen atoms in total. The first-order valence-corrected chi connectivity index (χ1v) is 5.85. The van der Waals surface area contributed by atoms with Crippen LogP contribution in [0, 0.1) is 0 Å². The van der Waals surface area contributed by atoms with E-state index in [9.17, 15) is 5.11 Å². The first-order valence-electron chi connectivity index (χ1n) is 5.85. The van der Waals surface area contributed by atoms with E-state index < -0.39 is 0 Å². The zero-order valence-electron chi connectivity index (χ0n) is 10.0. The molecule has 3 heteroatoms. The van der Waals surface area contributed by atoms with Gasteiger partial charge >= 0.3 is 0 Å². The van der Waals surface area contributed by atoms with Crippen molar-refractivity contribution >= 4 is 5.69 Å². The summed E-state index contributed by atoms with van der Waals surface area (Å²) in [5, 5.41) is 9.38. The molecule has 1 aliphatic heterocycles. The van der Waals surface area contributed by atoms with Crippen LogP contribution in [0.3, 0.4) is 0 Å². The number of aliphatic hydroxyl groups excluding tert-OH is 1. The monoisotopic (exact) mass is 220 g/mol. The molecule has 0 radical (unpaired) electrons. The van der Waals surface area contributed by atoms with Crippen LogP contribution in [0.1, 0.15) is 6.92 Å². The lowest BCUT2D eigenvalue weighted by molar-refractivity contribution is 0.0996. The number of hydrogen-bond donors (Lipinski definition) is 1. The molecule has 88 valence electrons. The van der Waals surface area contributed by atoms with Crippen LogP contribution in [-0.2, 0) is 0 Å². The number of hydrogen-bond acceptors (Lipinski definition) is 3. The molecule has 1 aromatic rings. The second-order valence-corrected chi connectivity index (χ2v) is 4.59. The molecular weight excluding hydrogens is 200 g/mol. The fourth-order valence-electron chi connectivity index (χ4n) is 2.30. The number of likely N-dealkylation sites (N-methyl/N-ethyl adjacent to an activating group) is 1. The molecule has 1 N–H and O–H groups in total. The van der Waals surface area contributed by atoms with Crippen molar-refractivity contribution < 1.29 is 5.11 Å². The minimum Gasteiger partial charge on any atom is -0.395 e. The van der Waals surface area contributed by atoms with Gasteiger partial charge in [0.1, 0.15) is 0 Å². The van der Waals surface area contributed by atoms with Gasteiger partial charge in [-0.3, -0.25) is 4.90 Å². The van der Waals surface area contributed by atoms with Crippen molar-refractivity contribution in [1.29, 1.82) is 0 Å². The minimum atomic E-state index is 0.226. The molecule has 16 heavy (non-hydrogen) atoms. The van der Waals surface area contributed by atoms with Crippen molar-refractivity contribution in [1.82, 2.24) is 4.90 Å². The molecule has 0 aromatic heterocycles. The van der Waals surface area contributed by atoms with Gasteiger partial charge in [0.25, 0.3) is 0 Å². The third kappa shape index (κ3) is 2.20. The van der Waals surface area contributed by atoms with Gasteiger partial charge in [0.2, 0.25) is 0 Å². The zero-order chi connectivity index (χ0) is 11.5. The van der Waals surface area contributed by atoms with Crippen LogP contribution in [0.25, 0.3) is 0 Å². The van der Waals surface area contributed by atoms with Crippen molar-refractivity contribution in [3.05, 3.63) is 30.3 Å². The maximum Gasteiger partial charge on any atom is 0.0604 e. The van der Waals surface area contributed by atoms with E-state index in [1.165, 1.54) is 5.69 Å². The summed E-state index contributed by atoms with van der Waals surface area (Å²) in [6.07, 6.45) is 0. The van der Waals surface area contributed by atoms with Gasteiger partial charge in [0.05, 0.1) is 12.6 Å². The van der Waals surface area contributed by atoms with Crippen LogP contribution in [0.5, 0.6) is 0 Å². The molecule has 1 saturated heterocycles. The number of anilines is 1. The number of rotatable bonds is 2. The van der Waals surface area contributed by atoms with Crippen LogP contribution in [0.4, 0.5) is 5.69 Å². The molecule has 0 spiro atoms. The zero-order valence-corrected chi connectivity index (χ0v) is 10.0. The van der Waals surface area contributed by atoms with Crippen molar-refractivity contribution in [2.24, 2.45) is 0 Å². The Morgan fingerprint density at radius 2 is 1.94 bits per heavy atom. The number of piperazine rings is 1. The molecule has 1 aliphatic rings. The molecule has 1 fully saturated rings. The van der Waals surface area contributed by atoms with E-state index in [0.29, 0.717) is 6.04 Å². The Morgan fingerprint density at radius 3 is 2.56 bits per heavy atom. The fraction of sp³-hybridized carbons (Fsp3) is 0.538. The Balaban J connectivity index is 2.13. The van der Waals surface area contributed by atoms with E-state index in [0.717, 1.165) is 13.1 Å². The van der Waals surface area contributed by atoms with Gasteiger partial charge in [-0.05, 0) is 26.1 Å². The second-order valence-electron chi connectivity index (χ2n) is 4.59. The molecule has 0 bridgehead atoms. The maximum atomic E-state index is 9.38. The van der Waals surface area contributed by atoms with Gasteiger partial charge in [-0.15, -0.1) is 0 Å². The summed E-state index contributed by atoms with van der Waals surface area (Å²) in [4.78, 5) is 4.62. The lowest BCUT2D eigenvalue weighted by Crippen LogP contribution is -2.57. The van der Waals surface area contributed by atoms with Crippen molar-refractivity contribution in [2.75, 3.05) is 31.6 Å². The Hall–Kier alpha value is -1.06. The molecule has 0 saturated carbocycles. The summed E-state index contributed by atoms with van der Waals surface area (Å²) in [6.45, 7) is 4.36. The first kappa shape index (κ1) is 11.4. The van der Waals surface area contributed by atoms with Gasteiger partial charge in [0.15, 0.2) is 0 Å². The van der Waals surface area contributed by atoms with Crippen molar-refractivity contribution in [3.63, 3.8) is 0 Å². The van der Waals surface area contributed by atoms with Crippen LogP contribution in [0.2, 0.25) is 0 Å². The van der Waals surface area contributed by atoms with Crippen LogP contribution in [-0.4, -0.2) is 48.8 Å². The van der Waals surface area contributed by atoms with E-state index in [1.54, 1.807) is 0 Å². The highest BCUT2D eigenvalue weighted by molar-refractivity contribution is 5.46. The Labute approximate surface area is 97.3 Å². The highest BCUT2D eigenvalue weighted by Gasteiger charge is 2.28. The SMILES string of the molecule is CC1CN(c2ccccc2)CC(CO)N1C.